The Bertz CT molecular complexity index is 300. The molecule has 0 radical (unpaired) electrons. The quantitative estimate of drug-likeness (QED) is 0.771. The molecule has 0 atom stereocenters. The number of nitrogens with zero attached hydrogens (tertiary/aromatic N) is 3. The van der Waals surface area contributed by atoms with Gasteiger partial charge in [-0.2, -0.15) is 0 Å². The van der Waals surface area contributed by atoms with E-state index in [-0.39, 0.29) is 0 Å². The van der Waals surface area contributed by atoms with Crippen LogP contribution in [0.4, 0.5) is 11.5 Å². The lowest BCUT2D eigenvalue weighted by atomic mass is 10.3. The topological polar surface area (TPSA) is 41.0 Å². The molecule has 0 saturated heterocycles. The summed E-state index contributed by atoms with van der Waals surface area (Å²) in [6.07, 6.45) is 5.80. The molecule has 1 aromatic heterocycles. The lowest BCUT2D eigenvalue weighted by Crippen LogP contribution is -2.25. The summed E-state index contributed by atoms with van der Waals surface area (Å²) >= 11 is 0. The Morgan fingerprint density at radius 2 is 2.50 bits per heavy atom. The van der Waals surface area contributed by atoms with Crippen molar-refractivity contribution < 1.29 is 0 Å². The van der Waals surface area contributed by atoms with Crippen LogP contribution in [0.1, 0.15) is 19.8 Å². The van der Waals surface area contributed by atoms with E-state index in [1.54, 1.807) is 6.33 Å². The van der Waals surface area contributed by atoms with Crippen molar-refractivity contribution in [1.29, 1.82) is 0 Å². The predicted molar refractivity (Wildman–Crippen MR) is 57.6 cm³/mol. The standard InChI is InChI=1S/C10H16N4/c1-2-5-14-6-3-4-12-9-7-11-8-13-10(9)14/h7-8,12H,2-6H2,1H3. The number of hydrogen-bond acceptors (Lipinski definition) is 4. The summed E-state index contributed by atoms with van der Waals surface area (Å²) in [6, 6.07) is 0. The predicted octanol–water partition coefficient (Wildman–Crippen LogP) is 1.51. The third kappa shape index (κ3) is 1.78. The average molecular weight is 192 g/mol. The molecule has 1 aromatic rings. The van der Waals surface area contributed by atoms with E-state index in [4.69, 9.17) is 0 Å². The van der Waals surface area contributed by atoms with E-state index < -0.39 is 0 Å². The average Bonchev–Trinajstić information content (AvgIpc) is 2.42. The van der Waals surface area contributed by atoms with E-state index in [9.17, 15) is 0 Å². The molecule has 4 nitrogen and oxygen atoms in total. The van der Waals surface area contributed by atoms with E-state index in [2.05, 4.69) is 27.1 Å². The maximum atomic E-state index is 4.33. The van der Waals surface area contributed by atoms with Gasteiger partial charge in [0.05, 0.1) is 11.9 Å². The van der Waals surface area contributed by atoms with Gasteiger partial charge in [0.2, 0.25) is 0 Å². The first-order chi connectivity index (χ1) is 6.92. The molecule has 0 unspecified atom stereocenters. The van der Waals surface area contributed by atoms with E-state index in [1.165, 1.54) is 0 Å². The van der Waals surface area contributed by atoms with Gasteiger partial charge in [-0.1, -0.05) is 6.92 Å². The molecule has 4 heteroatoms. The molecule has 0 spiro atoms. The Labute approximate surface area is 84.4 Å². The molecule has 0 aromatic carbocycles. The first-order valence-electron chi connectivity index (χ1n) is 5.20. The summed E-state index contributed by atoms with van der Waals surface area (Å²) in [5.41, 5.74) is 1.07. The van der Waals surface area contributed by atoms with Crippen LogP contribution in [-0.4, -0.2) is 29.6 Å². The van der Waals surface area contributed by atoms with Crippen molar-refractivity contribution in [2.75, 3.05) is 29.9 Å². The van der Waals surface area contributed by atoms with Crippen molar-refractivity contribution in [2.45, 2.75) is 19.8 Å². The molecule has 0 fully saturated rings. The number of nitrogens with one attached hydrogen (secondary N) is 1. The Balaban J connectivity index is 2.27. The molecule has 1 aliphatic heterocycles. The Hall–Kier alpha value is -1.32. The van der Waals surface area contributed by atoms with Crippen molar-refractivity contribution in [1.82, 2.24) is 9.97 Å². The molecule has 1 aliphatic rings. The van der Waals surface area contributed by atoms with Crippen molar-refractivity contribution in [2.24, 2.45) is 0 Å². The van der Waals surface area contributed by atoms with Crippen LogP contribution in [0.2, 0.25) is 0 Å². The first kappa shape index (κ1) is 9.24. The molecule has 0 amide bonds. The van der Waals surface area contributed by atoms with Gasteiger partial charge in [0.1, 0.15) is 6.33 Å². The summed E-state index contributed by atoms with van der Waals surface area (Å²) in [5.74, 6) is 1.05. The molecular weight excluding hydrogens is 176 g/mol. The third-order valence-corrected chi connectivity index (χ3v) is 2.40. The fraction of sp³-hybridized carbons (Fsp3) is 0.600. The second-order valence-electron chi connectivity index (χ2n) is 3.53. The second-order valence-corrected chi connectivity index (χ2v) is 3.53. The maximum absolute atomic E-state index is 4.33. The largest absolute Gasteiger partial charge is 0.381 e. The first-order valence-corrected chi connectivity index (χ1v) is 5.20. The number of fused-ring (bicyclic) bond motifs is 1. The molecule has 0 saturated carbocycles. The van der Waals surface area contributed by atoms with Crippen LogP contribution in [0.15, 0.2) is 12.5 Å². The molecule has 1 N–H and O–H groups in total. The summed E-state index contributed by atoms with van der Waals surface area (Å²) < 4.78 is 0. The van der Waals surface area contributed by atoms with Crippen molar-refractivity contribution in [3.8, 4) is 0 Å². The molecular formula is C10H16N4. The van der Waals surface area contributed by atoms with Gasteiger partial charge in [-0.05, 0) is 12.8 Å². The molecule has 14 heavy (non-hydrogen) atoms. The van der Waals surface area contributed by atoms with Crippen molar-refractivity contribution in [3.63, 3.8) is 0 Å². The van der Waals surface area contributed by atoms with Crippen molar-refractivity contribution >= 4 is 11.5 Å². The number of anilines is 2. The molecule has 0 bridgehead atoms. The minimum absolute atomic E-state index is 1.01. The van der Waals surface area contributed by atoms with Gasteiger partial charge in [-0.25, -0.2) is 9.97 Å². The Morgan fingerprint density at radius 3 is 3.36 bits per heavy atom. The second kappa shape index (κ2) is 4.26. The monoisotopic (exact) mass is 192 g/mol. The SMILES string of the molecule is CCCN1CCCNc2cncnc21. The smallest absolute Gasteiger partial charge is 0.155 e. The Morgan fingerprint density at radius 1 is 1.57 bits per heavy atom. The zero-order valence-electron chi connectivity index (χ0n) is 8.53. The molecule has 2 rings (SSSR count). The molecule has 2 heterocycles. The lowest BCUT2D eigenvalue weighted by molar-refractivity contribution is 0.734. The fourth-order valence-electron chi connectivity index (χ4n) is 1.79. The minimum Gasteiger partial charge on any atom is -0.381 e. The summed E-state index contributed by atoms with van der Waals surface area (Å²) in [6.45, 7) is 5.37. The van der Waals surface area contributed by atoms with Crippen LogP contribution in [0.5, 0.6) is 0 Å². The van der Waals surface area contributed by atoms with E-state index >= 15 is 0 Å². The summed E-state index contributed by atoms with van der Waals surface area (Å²) in [4.78, 5) is 10.7. The van der Waals surface area contributed by atoms with Gasteiger partial charge in [-0.3, -0.25) is 0 Å². The van der Waals surface area contributed by atoms with Gasteiger partial charge < -0.3 is 10.2 Å². The highest BCUT2D eigenvalue weighted by Crippen LogP contribution is 2.24. The minimum atomic E-state index is 1.01. The van der Waals surface area contributed by atoms with Crippen molar-refractivity contribution in [3.05, 3.63) is 12.5 Å². The third-order valence-electron chi connectivity index (χ3n) is 2.40. The summed E-state index contributed by atoms with van der Waals surface area (Å²) in [7, 11) is 0. The van der Waals surface area contributed by atoms with E-state index in [0.717, 1.165) is 44.0 Å². The Kier molecular flexibility index (Phi) is 2.81. The van der Waals surface area contributed by atoms with Gasteiger partial charge in [-0.15, -0.1) is 0 Å². The van der Waals surface area contributed by atoms with Crippen LogP contribution < -0.4 is 10.2 Å². The van der Waals surface area contributed by atoms with Crippen LogP contribution in [0, 0.1) is 0 Å². The van der Waals surface area contributed by atoms with Crippen LogP contribution in [0.3, 0.4) is 0 Å². The number of aromatic nitrogens is 2. The maximum Gasteiger partial charge on any atom is 0.155 e. The van der Waals surface area contributed by atoms with Gasteiger partial charge >= 0.3 is 0 Å². The molecule has 0 aliphatic carbocycles. The van der Waals surface area contributed by atoms with E-state index in [1.807, 2.05) is 6.20 Å². The summed E-state index contributed by atoms with van der Waals surface area (Å²) in [5, 5.41) is 3.35. The highest BCUT2D eigenvalue weighted by atomic mass is 15.2. The molecule has 76 valence electrons. The van der Waals surface area contributed by atoms with Gasteiger partial charge in [0.15, 0.2) is 5.82 Å². The zero-order chi connectivity index (χ0) is 9.80. The van der Waals surface area contributed by atoms with Gasteiger partial charge in [0.25, 0.3) is 0 Å². The normalized spacial score (nSPS) is 15.6. The highest BCUT2D eigenvalue weighted by Gasteiger charge is 2.14. The van der Waals surface area contributed by atoms with Crippen LogP contribution in [0.25, 0.3) is 0 Å². The van der Waals surface area contributed by atoms with Crippen LogP contribution >= 0.6 is 0 Å². The van der Waals surface area contributed by atoms with Gasteiger partial charge in [0, 0.05) is 19.6 Å². The van der Waals surface area contributed by atoms with Crippen LogP contribution in [-0.2, 0) is 0 Å². The lowest BCUT2D eigenvalue weighted by Gasteiger charge is -2.21. The zero-order valence-corrected chi connectivity index (χ0v) is 8.53. The number of rotatable bonds is 2. The van der Waals surface area contributed by atoms with E-state index in [0.29, 0.717) is 0 Å². The fourth-order valence-corrected chi connectivity index (χ4v) is 1.79. The number of hydrogen-bond donors (Lipinski definition) is 1. The highest BCUT2D eigenvalue weighted by molar-refractivity contribution is 5.64.